The molecule has 1 aliphatic rings. The van der Waals surface area contributed by atoms with Crippen molar-refractivity contribution in [2.75, 3.05) is 23.1 Å². The fourth-order valence-corrected chi connectivity index (χ4v) is 4.46. The zero-order valence-corrected chi connectivity index (χ0v) is 13.6. The molecule has 1 aliphatic heterocycles. The lowest BCUT2D eigenvalue weighted by Crippen LogP contribution is -2.41. The molecule has 2 rings (SSSR count). The molecule has 1 heterocycles. The van der Waals surface area contributed by atoms with Crippen molar-refractivity contribution >= 4 is 27.3 Å². The molecule has 0 radical (unpaired) electrons. The van der Waals surface area contributed by atoms with E-state index >= 15 is 0 Å². The third kappa shape index (κ3) is 3.47. The predicted octanol–water partition coefficient (Wildman–Crippen LogP) is 3.17. The molecule has 0 bridgehead atoms. The van der Waals surface area contributed by atoms with Crippen LogP contribution in [-0.4, -0.2) is 32.2 Å². The lowest BCUT2D eigenvalue weighted by Gasteiger charge is -2.39. The van der Waals surface area contributed by atoms with Gasteiger partial charge in [0, 0.05) is 18.1 Å². The lowest BCUT2D eigenvalue weighted by atomic mass is 9.82. The maximum absolute atomic E-state index is 13.9. The fraction of sp³-hybridized carbons (Fsp3) is 0.571. The second-order valence-electron chi connectivity index (χ2n) is 5.92. The Bertz CT molecular complexity index is 599. The Morgan fingerprint density at radius 1 is 1.40 bits per heavy atom. The van der Waals surface area contributed by atoms with Gasteiger partial charge in [-0.2, -0.15) is 11.8 Å². The van der Waals surface area contributed by atoms with Crippen LogP contribution in [0.3, 0.4) is 0 Å². The Morgan fingerprint density at radius 3 is 2.70 bits per heavy atom. The highest BCUT2D eigenvalue weighted by Gasteiger charge is 2.33. The molecule has 0 spiro atoms. The van der Waals surface area contributed by atoms with Crippen LogP contribution in [0.4, 0.5) is 10.1 Å². The van der Waals surface area contributed by atoms with Crippen molar-refractivity contribution in [2.24, 2.45) is 5.41 Å². The molecule has 0 amide bonds. The van der Waals surface area contributed by atoms with E-state index in [1.165, 1.54) is 18.2 Å². The van der Waals surface area contributed by atoms with Gasteiger partial charge in [0.05, 0.1) is 10.6 Å². The topological polar surface area (TPSA) is 46.2 Å². The van der Waals surface area contributed by atoms with E-state index in [0.717, 1.165) is 24.2 Å². The molecule has 0 aromatic heterocycles. The van der Waals surface area contributed by atoms with Crippen LogP contribution in [0.1, 0.15) is 20.3 Å². The van der Waals surface area contributed by atoms with Crippen molar-refractivity contribution in [3.05, 3.63) is 24.0 Å². The van der Waals surface area contributed by atoms with E-state index in [9.17, 15) is 12.8 Å². The van der Waals surface area contributed by atoms with Crippen LogP contribution in [0.5, 0.6) is 0 Å². The highest BCUT2D eigenvalue weighted by Crippen LogP contribution is 2.36. The molecule has 1 aromatic carbocycles. The van der Waals surface area contributed by atoms with Crippen molar-refractivity contribution in [3.63, 3.8) is 0 Å². The Kier molecular flexibility index (Phi) is 4.35. The van der Waals surface area contributed by atoms with Gasteiger partial charge in [-0.05, 0) is 35.8 Å². The molecular weight excluding hydrogens is 297 g/mol. The Labute approximate surface area is 124 Å². The molecule has 6 heteroatoms. The summed E-state index contributed by atoms with van der Waals surface area (Å²) in [5.41, 5.74) is 0.340. The SMILES string of the molecule is CC1(C)CCSCC1Nc1cc(S(C)(=O)=O)ccc1F. The van der Waals surface area contributed by atoms with Crippen LogP contribution in [-0.2, 0) is 9.84 Å². The summed E-state index contributed by atoms with van der Waals surface area (Å²) in [7, 11) is -3.32. The van der Waals surface area contributed by atoms with Crippen molar-refractivity contribution in [1.82, 2.24) is 0 Å². The first-order chi connectivity index (χ1) is 9.20. The molecule has 112 valence electrons. The van der Waals surface area contributed by atoms with E-state index in [1.54, 1.807) is 0 Å². The van der Waals surface area contributed by atoms with Gasteiger partial charge in [0.15, 0.2) is 9.84 Å². The molecule has 1 saturated heterocycles. The number of rotatable bonds is 3. The zero-order chi connectivity index (χ0) is 15.0. The summed E-state index contributed by atoms with van der Waals surface area (Å²) in [6.45, 7) is 4.31. The lowest BCUT2D eigenvalue weighted by molar-refractivity contribution is 0.304. The van der Waals surface area contributed by atoms with Crippen molar-refractivity contribution < 1.29 is 12.8 Å². The smallest absolute Gasteiger partial charge is 0.175 e. The molecule has 3 nitrogen and oxygen atoms in total. The minimum Gasteiger partial charge on any atom is -0.379 e. The molecule has 1 fully saturated rings. The van der Waals surface area contributed by atoms with Gasteiger partial charge in [-0.15, -0.1) is 0 Å². The maximum Gasteiger partial charge on any atom is 0.175 e. The monoisotopic (exact) mass is 317 g/mol. The summed E-state index contributed by atoms with van der Waals surface area (Å²) >= 11 is 1.84. The molecule has 1 unspecified atom stereocenters. The van der Waals surface area contributed by atoms with Gasteiger partial charge in [-0.1, -0.05) is 13.8 Å². The normalized spacial score (nSPS) is 22.5. The Hall–Kier alpha value is -0.750. The molecule has 0 aliphatic carbocycles. The van der Waals surface area contributed by atoms with Crippen molar-refractivity contribution in [2.45, 2.75) is 31.2 Å². The number of anilines is 1. The number of thioether (sulfide) groups is 1. The van der Waals surface area contributed by atoms with Gasteiger partial charge in [0.2, 0.25) is 0 Å². The minimum atomic E-state index is -3.32. The van der Waals surface area contributed by atoms with Crippen molar-refractivity contribution in [3.8, 4) is 0 Å². The largest absolute Gasteiger partial charge is 0.379 e. The third-order valence-corrected chi connectivity index (χ3v) is 5.99. The number of benzene rings is 1. The first kappa shape index (κ1) is 15.6. The molecule has 20 heavy (non-hydrogen) atoms. The number of hydrogen-bond acceptors (Lipinski definition) is 4. The Balaban J connectivity index is 2.29. The van der Waals surface area contributed by atoms with Gasteiger partial charge in [-0.3, -0.25) is 0 Å². The summed E-state index contributed by atoms with van der Waals surface area (Å²) in [6, 6.07) is 4.03. The van der Waals surface area contributed by atoms with Gasteiger partial charge >= 0.3 is 0 Å². The van der Waals surface area contributed by atoms with Crippen LogP contribution in [0.15, 0.2) is 23.1 Å². The molecule has 1 atom stereocenters. The summed E-state index contributed by atoms with van der Waals surface area (Å²) < 4.78 is 37.0. The summed E-state index contributed by atoms with van der Waals surface area (Å²) in [6.07, 6.45) is 2.19. The first-order valence-electron chi connectivity index (χ1n) is 6.54. The number of sulfone groups is 1. The van der Waals surface area contributed by atoms with Crippen LogP contribution < -0.4 is 5.32 Å². The summed E-state index contributed by atoms with van der Waals surface area (Å²) in [5, 5.41) is 3.19. The van der Waals surface area contributed by atoms with E-state index in [4.69, 9.17) is 0 Å². The average molecular weight is 317 g/mol. The van der Waals surface area contributed by atoms with Crippen LogP contribution in [0.2, 0.25) is 0 Å². The molecule has 1 aromatic rings. The van der Waals surface area contributed by atoms with E-state index in [1.807, 2.05) is 11.8 Å². The first-order valence-corrected chi connectivity index (χ1v) is 9.59. The molecular formula is C14H20FNO2S2. The van der Waals surface area contributed by atoms with E-state index in [0.29, 0.717) is 0 Å². The standard InChI is InChI=1S/C14H20FNO2S2/c1-14(2)6-7-19-9-13(14)16-12-8-10(20(3,17)18)4-5-11(12)15/h4-5,8,13,16H,6-7,9H2,1-3H3. The number of nitrogens with one attached hydrogen (secondary N) is 1. The van der Waals surface area contributed by atoms with Gasteiger partial charge in [-0.25, -0.2) is 12.8 Å². The number of hydrogen-bond donors (Lipinski definition) is 1. The second-order valence-corrected chi connectivity index (χ2v) is 9.09. The Morgan fingerprint density at radius 2 is 2.10 bits per heavy atom. The van der Waals surface area contributed by atoms with Gasteiger partial charge < -0.3 is 5.32 Å². The maximum atomic E-state index is 13.9. The number of halogens is 1. The molecule has 0 saturated carbocycles. The summed E-state index contributed by atoms with van der Waals surface area (Å²) in [5.74, 6) is 1.59. The van der Waals surface area contributed by atoms with E-state index in [-0.39, 0.29) is 22.0 Å². The third-order valence-electron chi connectivity index (χ3n) is 3.81. The fourth-order valence-electron chi connectivity index (χ4n) is 2.21. The second kappa shape index (κ2) is 5.56. The zero-order valence-electron chi connectivity index (χ0n) is 11.9. The van der Waals surface area contributed by atoms with Crippen molar-refractivity contribution in [1.29, 1.82) is 0 Å². The van der Waals surface area contributed by atoms with E-state index < -0.39 is 15.7 Å². The summed E-state index contributed by atoms with van der Waals surface area (Å²) in [4.78, 5) is 0.141. The highest BCUT2D eigenvalue weighted by atomic mass is 32.2. The van der Waals surface area contributed by atoms with E-state index in [2.05, 4.69) is 19.2 Å². The average Bonchev–Trinajstić information content (AvgIpc) is 2.32. The quantitative estimate of drug-likeness (QED) is 0.870. The van der Waals surface area contributed by atoms with Gasteiger partial charge in [0.25, 0.3) is 0 Å². The predicted molar refractivity (Wildman–Crippen MR) is 82.6 cm³/mol. The highest BCUT2D eigenvalue weighted by molar-refractivity contribution is 7.99. The molecule has 1 N–H and O–H groups in total. The van der Waals surface area contributed by atoms with Crippen LogP contribution in [0.25, 0.3) is 0 Å². The van der Waals surface area contributed by atoms with Crippen LogP contribution >= 0.6 is 11.8 Å². The van der Waals surface area contributed by atoms with Gasteiger partial charge in [0.1, 0.15) is 5.82 Å². The van der Waals surface area contributed by atoms with Crippen LogP contribution in [0, 0.1) is 11.2 Å². The minimum absolute atomic E-state index is 0.0682.